The molecule has 2 fully saturated rings. The molecule has 2 N–H and O–H groups in total. The number of hydrogen-bond donors (Lipinski definition) is 2. The van der Waals surface area contributed by atoms with E-state index in [0.29, 0.717) is 31.0 Å². The molecule has 0 radical (unpaired) electrons. The second-order valence-electron chi connectivity index (χ2n) is 8.13. The number of nitrogens with one attached hydrogen (secondary N) is 2. The van der Waals surface area contributed by atoms with Gasteiger partial charge in [0.1, 0.15) is 0 Å². The molecule has 0 saturated carbocycles. The smallest absolute Gasteiger partial charge is 0.251 e. The molecule has 0 aromatic heterocycles. The predicted octanol–water partition coefficient (Wildman–Crippen LogP) is 2.89. The second-order valence-corrected chi connectivity index (χ2v) is 8.13. The monoisotopic (exact) mass is 391 g/mol. The van der Waals surface area contributed by atoms with Crippen LogP contribution in [0.3, 0.4) is 0 Å². The van der Waals surface area contributed by atoms with Gasteiger partial charge in [-0.1, -0.05) is 36.4 Å². The highest BCUT2D eigenvalue weighted by Gasteiger charge is 2.21. The van der Waals surface area contributed by atoms with E-state index in [-0.39, 0.29) is 11.8 Å². The summed E-state index contributed by atoms with van der Waals surface area (Å²) in [6.45, 7) is 4.06. The van der Waals surface area contributed by atoms with E-state index < -0.39 is 0 Å². The molecule has 2 aromatic carbocycles. The number of rotatable bonds is 7. The molecule has 1 atom stereocenters. The molecule has 1 unspecified atom stereocenters. The molecule has 2 saturated heterocycles. The van der Waals surface area contributed by atoms with Gasteiger partial charge in [0, 0.05) is 31.6 Å². The Kier molecular flexibility index (Phi) is 6.25. The van der Waals surface area contributed by atoms with Gasteiger partial charge in [0.05, 0.1) is 0 Å². The Bertz CT molecular complexity index is 874. The molecule has 2 amide bonds. The van der Waals surface area contributed by atoms with Crippen molar-refractivity contribution in [3.63, 3.8) is 0 Å². The summed E-state index contributed by atoms with van der Waals surface area (Å²) < 4.78 is 0. The minimum absolute atomic E-state index is 0.0524. The first kappa shape index (κ1) is 19.6. The Balaban J connectivity index is 1.38. The van der Waals surface area contributed by atoms with E-state index >= 15 is 0 Å². The van der Waals surface area contributed by atoms with Crippen molar-refractivity contribution in [1.82, 2.24) is 15.5 Å². The van der Waals surface area contributed by atoms with E-state index in [2.05, 4.69) is 16.7 Å². The van der Waals surface area contributed by atoms with Crippen molar-refractivity contribution in [3.8, 4) is 0 Å². The summed E-state index contributed by atoms with van der Waals surface area (Å²) in [7, 11) is 0. The third kappa shape index (κ3) is 5.04. The highest BCUT2D eigenvalue weighted by Crippen LogP contribution is 2.18. The highest BCUT2D eigenvalue weighted by molar-refractivity contribution is 5.94. The Hall–Kier alpha value is -2.66. The van der Waals surface area contributed by atoms with E-state index in [9.17, 15) is 9.59 Å². The molecule has 5 heteroatoms. The summed E-state index contributed by atoms with van der Waals surface area (Å²) in [5.41, 5.74) is 4.10. The van der Waals surface area contributed by atoms with Crippen LogP contribution in [-0.4, -0.2) is 36.3 Å². The van der Waals surface area contributed by atoms with Crippen molar-refractivity contribution in [3.05, 3.63) is 70.8 Å². The topological polar surface area (TPSA) is 61.4 Å². The lowest BCUT2D eigenvalue weighted by Gasteiger charge is -2.18. The van der Waals surface area contributed by atoms with Crippen molar-refractivity contribution in [2.75, 3.05) is 19.6 Å². The average Bonchev–Trinajstić information content (AvgIpc) is 3.39. The number of benzene rings is 2. The minimum atomic E-state index is -0.0524. The van der Waals surface area contributed by atoms with Gasteiger partial charge in [-0.15, -0.1) is 0 Å². The maximum atomic E-state index is 12.7. The lowest BCUT2D eigenvalue weighted by molar-refractivity contribution is -0.128. The lowest BCUT2D eigenvalue weighted by Crippen LogP contribution is -2.27. The van der Waals surface area contributed by atoms with Gasteiger partial charge in [0.2, 0.25) is 5.91 Å². The molecule has 5 nitrogen and oxygen atoms in total. The molecule has 152 valence electrons. The largest absolute Gasteiger partial charge is 0.348 e. The Morgan fingerprint density at radius 3 is 2.76 bits per heavy atom. The Morgan fingerprint density at radius 2 is 2.00 bits per heavy atom. The van der Waals surface area contributed by atoms with Gasteiger partial charge in [0.25, 0.3) is 5.91 Å². The summed E-state index contributed by atoms with van der Waals surface area (Å²) >= 11 is 0. The fourth-order valence-corrected chi connectivity index (χ4v) is 4.30. The van der Waals surface area contributed by atoms with Gasteiger partial charge in [0.15, 0.2) is 0 Å². The SMILES string of the molecule is O=C(NCc1ccccc1CN1CCCC1=O)c1cccc(CC2CCNC2)c1. The molecule has 29 heavy (non-hydrogen) atoms. The van der Waals surface area contributed by atoms with Gasteiger partial charge >= 0.3 is 0 Å². The Morgan fingerprint density at radius 1 is 1.14 bits per heavy atom. The Labute approximate surface area is 172 Å². The number of carbonyl (C=O) groups excluding carboxylic acids is 2. The summed E-state index contributed by atoms with van der Waals surface area (Å²) in [6, 6.07) is 16.0. The minimum Gasteiger partial charge on any atom is -0.348 e. The van der Waals surface area contributed by atoms with Crippen molar-refractivity contribution in [2.45, 2.75) is 38.8 Å². The maximum absolute atomic E-state index is 12.7. The van der Waals surface area contributed by atoms with Crippen LogP contribution in [0.1, 0.15) is 46.3 Å². The van der Waals surface area contributed by atoms with Crippen LogP contribution in [0, 0.1) is 5.92 Å². The highest BCUT2D eigenvalue weighted by atomic mass is 16.2. The van der Waals surface area contributed by atoms with Gasteiger partial charge in [-0.3, -0.25) is 9.59 Å². The quantitative estimate of drug-likeness (QED) is 0.763. The van der Waals surface area contributed by atoms with Crippen LogP contribution in [0.25, 0.3) is 0 Å². The molecule has 0 bridgehead atoms. The van der Waals surface area contributed by atoms with Crippen molar-refractivity contribution < 1.29 is 9.59 Å². The third-order valence-corrected chi connectivity index (χ3v) is 5.97. The molecule has 2 aliphatic heterocycles. The fraction of sp³-hybridized carbons (Fsp3) is 0.417. The van der Waals surface area contributed by atoms with Crippen LogP contribution in [0.15, 0.2) is 48.5 Å². The normalized spacial score (nSPS) is 19.0. The van der Waals surface area contributed by atoms with E-state index in [1.54, 1.807) is 0 Å². The van der Waals surface area contributed by atoms with Crippen LogP contribution in [0.2, 0.25) is 0 Å². The number of carbonyl (C=O) groups is 2. The van der Waals surface area contributed by atoms with E-state index in [1.165, 1.54) is 12.0 Å². The predicted molar refractivity (Wildman–Crippen MR) is 113 cm³/mol. The lowest BCUT2D eigenvalue weighted by atomic mass is 9.97. The molecule has 2 heterocycles. The summed E-state index contributed by atoms with van der Waals surface area (Å²) in [4.78, 5) is 26.6. The first-order chi connectivity index (χ1) is 14.2. The molecular formula is C24H29N3O2. The van der Waals surface area contributed by atoms with Gasteiger partial charge < -0.3 is 15.5 Å². The fourth-order valence-electron chi connectivity index (χ4n) is 4.30. The van der Waals surface area contributed by atoms with Crippen molar-refractivity contribution in [2.24, 2.45) is 5.92 Å². The second kappa shape index (κ2) is 9.23. The summed E-state index contributed by atoms with van der Waals surface area (Å²) in [5.74, 6) is 0.829. The maximum Gasteiger partial charge on any atom is 0.251 e. The number of amides is 2. The molecule has 4 rings (SSSR count). The zero-order valence-electron chi connectivity index (χ0n) is 16.8. The molecule has 2 aliphatic rings. The van der Waals surface area contributed by atoms with Crippen molar-refractivity contribution >= 4 is 11.8 Å². The summed E-state index contributed by atoms with van der Waals surface area (Å²) in [6.07, 6.45) is 3.80. The summed E-state index contributed by atoms with van der Waals surface area (Å²) in [5, 5.41) is 6.46. The molecular weight excluding hydrogens is 362 g/mol. The van der Waals surface area contributed by atoms with Gasteiger partial charge in [-0.05, 0) is 67.1 Å². The van der Waals surface area contributed by atoms with Crippen LogP contribution in [-0.2, 0) is 24.3 Å². The number of nitrogens with zero attached hydrogens (tertiary/aromatic N) is 1. The van der Waals surface area contributed by atoms with Crippen LogP contribution < -0.4 is 10.6 Å². The third-order valence-electron chi connectivity index (χ3n) is 5.97. The van der Waals surface area contributed by atoms with E-state index in [0.717, 1.165) is 43.6 Å². The van der Waals surface area contributed by atoms with Crippen LogP contribution in [0.4, 0.5) is 0 Å². The molecule has 0 spiro atoms. The standard InChI is InChI=1S/C24H29N3O2/c28-23-9-4-12-27(23)17-22-7-2-1-6-21(22)16-26-24(29)20-8-3-5-18(14-20)13-19-10-11-25-15-19/h1-3,5-8,14,19,25H,4,9-13,15-17H2,(H,26,29). The average molecular weight is 392 g/mol. The van der Waals surface area contributed by atoms with Crippen LogP contribution >= 0.6 is 0 Å². The zero-order chi connectivity index (χ0) is 20.1. The molecule has 0 aliphatic carbocycles. The number of hydrogen-bond acceptors (Lipinski definition) is 3. The zero-order valence-corrected chi connectivity index (χ0v) is 16.8. The first-order valence-electron chi connectivity index (χ1n) is 10.6. The van der Waals surface area contributed by atoms with Crippen LogP contribution in [0.5, 0.6) is 0 Å². The molecule has 2 aromatic rings. The van der Waals surface area contributed by atoms with E-state index in [1.807, 2.05) is 47.4 Å². The van der Waals surface area contributed by atoms with Gasteiger partial charge in [-0.2, -0.15) is 0 Å². The van der Waals surface area contributed by atoms with Gasteiger partial charge in [-0.25, -0.2) is 0 Å². The first-order valence-corrected chi connectivity index (χ1v) is 10.6. The van der Waals surface area contributed by atoms with Crippen molar-refractivity contribution in [1.29, 1.82) is 0 Å². The van der Waals surface area contributed by atoms with E-state index in [4.69, 9.17) is 0 Å². The number of likely N-dealkylation sites (tertiary alicyclic amines) is 1.